The van der Waals surface area contributed by atoms with E-state index in [1.54, 1.807) is 23.7 Å². The predicted octanol–water partition coefficient (Wildman–Crippen LogP) is 3.07. The molecule has 1 saturated heterocycles. The van der Waals surface area contributed by atoms with Crippen molar-refractivity contribution in [2.45, 2.75) is 50.6 Å². The van der Waals surface area contributed by atoms with E-state index in [9.17, 15) is 0 Å². The van der Waals surface area contributed by atoms with Crippen LogP contribution in [0.15, 0.2) is 12.4 Å². The van der Waals surface area contributed by atoms with Crippen LogP contribution in [0.1, 0.15) is 49.6 Å². The summed E-state index contributed by atoms with van der Waals surface area (Å²) < 4.78 is 0. The molecule has 3 heterocycles. The van der Waals surface area contributed by atoms with Crippen molar-refractivity contribution in [3.63, 3.8) is 0 Å². The maximum atomic E-state index is 4.66. The minimum Gasteiger partial charge on any atom is -0.305 e. The molecule has 19 heavy (non-hydrogen) atoms. The normalized spacial score (nSPS) is 31.3. The van der Waals surface area contributed by atoms with Crippen LogP contribution < -0.4 is 5.32 Å². The number of aromatic nitrogens is 3. The molecule has 1 aliphatic carbocycles. The van der Waals surface area contributed by atoms with Gasteiger partial charge < -0.3 is 5.32 Å². The monoisotopic (exact) mass is 274 g/mol. The highest BCUT2D eigenvalue weighted by Crippen LogP contribution is 2.38. The third-order valence-electron chi connectivity index (χ3n) is 4.51. The average Bonchev–Trinajstić information content (AvgIpc) is 2.90. The highest BCUT2D eigenvalue weighted by atomic mass is 32.1. The molecule has 0 bridgehead atoms. The summed E-state index contributed by atoms with van der Waals surface area (Å²) in [6, 6.07) is 1.13. The third-order valence-corrected chi connectivity index (χ3v) is 5.58. The van der Waals surface area contributed by atoms with Crippen molar-refractivity contribution in [2.24, 2.45) is 5.92 Å². The molecule has 1 aliphatic heterocycles. The molecule has 0 amide bonds. The lowest BCUT2D eigenvalue weighted by molar-refractivity contribution is 0.177. The Morgan fingerprint density at radius 2 is 1.95 bits per heavy atom. The van der Waals surface area contributed by atoms with E-state index < -0.39 is 0 Å². The van der Waals surface area contributed by atoms with Crippen LogP contribution in [0.3, 0.4) is 0 Å². The Balaban J connectivity index is 1.58. The zero-order chi connectivity index (χ0) is 12.7. The molecule has 0 spiro atoms. The van der Waals surface area contributed by atoms with Gasteiger partial charge in [-0.05, 0) is 31.6 Å². The summed E-state index contributed by atoms with van der Waals surface area (Å²) in [5.74, 6) is 0.899. The molecule has 4 rings (SSSR count). The lowest BCUT2D eigenvalue weighted by atomic mass is 9.78. The first-order valence-electron chi connectivity index (χ1n) is 7.23. The molecule has 3 atom stereocenters. The topological polar surface area (TPSA) is 50.7 Å². The van der Waals surface area contributed by atoms with E-state index in [-0.39, 0.29) is 0 Å². The number of nitrogens with zero attached hydrogens (tertiary/aromatic N) is 3. The number of piperidine rings is 1. The highest BCUT2D eigenvalue weighted by molar-refractivity contribution is 7.18. The number of hydrogen-bond donors (Lipinski definition) is 1. The molecule has 1 saturated carbocycles. The second-order valence-corrected chi connectivity index (χ2v) is 6.69. The Kier molecular flexibility index (Phi) is 2.96. The first-order chi connectivity index (χ1) is 9.40. The average molecular weight is 274 g/mol. The summed E-state index contributed by atoms with van der Waals surface area (Å²) >= 11 is 1.70. The molecule has 3 unspecified atom stereocenters. The number of fused-ring (bicyclic) bond motifs is 2. The number of hydrogen-bond acceptors (Lipinski definition) is 5. The van der Waals surface area contributed by atoms with Crippen molar-refractivity contribution in [1.29, 1.82) is 0 Å². The first kappa shape index (κ1) is 11.7. The maximum Gasteiger partial charge on any atom is 0.189 e. The van der Waals surface area contributed by atoms with Crippen molar-refractivity contribution in [3.05, 3.63) is 17.4 Å². The molecule has 2 fully saturated rings. The Morgan fingerprint density at radius 1 is 1.05 bits per heavy atom. The van der Waals surface area contributed by atoms with Gasteiger partial charge in [-0.1, -0.05) is 24.2 Å². The number of thiazole rings is 1. The van der Waals surface area contributed by atoms with Crippen molar-refractivity contribution in [2.75, 3.05) is 0 Å². The molecule has 1 N–H and O–H groups in total. The lowest BCUT2D eigenvalue weighted by Crippen LogP contribution is -2.44. The summed E-state index contributed by atoms with van der Waals surface area (Å²) in [6.07, 6.45) is 11.6. The van der Waals surface area contributed by atoms with Crippen molar-refractivity contribution in [3.8, 4) is 0 Å². The van der Waals surface area contributed by atoms with Crippen LogP contribution in [-0.4, -0.2) is 21.0 Å². The first-order valence-corrected chi connectivity index (χ1v) is 8.05. The van der Waals surface area contributed by atoms with Gasteiger partial charge in [-0.15, -0.1) is 0 Å². The van der Waals surface area contributed by atoms with Crippen molar-refractivity contribution in [1.82, 2.24) is 20.3 Å². The van der Waals surface area contributed by atoms with E-state index in [2.05, 4.69) is 20.3 Å². The Bertz CT molecular complexity index is 549. The number of rotatable bonds is 1. The zero-order valence-electron chi connectivity index (χ0n) is 10.9. The van der Waals surface area contributed by atoms with Gasteiger partial charge in [-0.3, -0.25) is 0 Å². The molecule has 2 aromatic heterocycles. The van der Waals surface area contributed by atoms with Gasteiger partial charge in [0.15, 0.2) is 10.5 Å². The molecule has 5 heteroatoms. The second-order valence-electron chi connectivity index (χ2n) is 5.68. The van der Waals surface area contributed by atoms with Gasteiger partial charge >= 0.3 is 0 Å². The van der Waals surface area contributed by atoms with Gasteiger partial charge in [0.1, 0.15) is 5.01 Å². The second kappa shape index (κ2) is 4.80. The van der Waals surface area contributed by atoms with Crippen LogP contribution in [0, 0.1) is 5.92 Å². The van der Waals surface area contributed by atoms with E-state index in [0.29, 0.717) is 12.1 Å². The molecule has 4 nitrogen and oxygen atoms in total. The molecule has 2 aromatic rings. The molecular weight excluding hydrogens is 256 g/mol. The predicted molar refractivity (Wildman–Crippen MR) is 76.1 cm³/mol. The SMILES string of the molecule is c1cnc2sc(C3CCC4CCCCC4N3)nc2n1. The maximum absolute atomic E-state index is 4.66. The van der Waals surface area contributed by atoms with Crippen LogP contribution in [-0.2, 0) is 0 Å². The molecule has 0 radical (unpaired) electrons. The Labute approximate surface area is 116 Å². The Hall–Kier alpha value is -1.07. The fraction of sp³-hybridized carbons (Fsp3) is 0.643. The summed E-state index contributed by atoms with van der Waals surface area (Å²) in [7, 11) is 0. The minimum absolute atomic E-state index is 0.417. The highest BCUT2D eigenvalue weighted by Gasteiger charge is 2.33. The number of nitrogens with one attached hydrogen (secondary N) is 1. The third kappa shape index (κ3) is 2.15. The van der Waals surface area contributed by atoms with Crippen molar-refractivity contribution < 1.29 is 0 Å². The van der Waals surface area contributed by atoms with Crippen LogP contribution in [0.2, 0.25) is 0 Å². The van der Waals surface area contributed by atoms with Gasteiger partial charge in [0.05, 0.1) is 6.04 Å². The van der Waals surface area contributed by atoms with E-state index in [1.165, 1.54) is 43.5 Å². The van der Waals surface area contributed by atoms with E-state index in [4.69, 9.17) is 0 Å². The van der Waals surface area contributed by atoms with Crippen LogP contribution in [0.4, 0.5) is 0 Å². The smallest absolute Gasteiger partial charge is 0.189 e. The zero-order valence-corrected chi connectivity index (χ0v) is 11.7. The minimum atomic E-state index is 0.417. The molecule has 100 valence electrons. The van der Waals surface area contributed by atoms with Gasteiger partial charge in [0.25, 0.3) is 0 Å². The standard InChI is InChI=1S/C14H18N4S/c1-2-4-10-9(3-1)5-6-11(17-10)13-18-12-14(19-13)16-8-7-15-12/h7-11,17H,1-6H2. The quantitative estimate of drug-likeness (QED) is 0.868. The molecule has 2 aliphatic rings. The van der Waals surface area contributed by atoms with Gasteiger partial charge in [-0.25, -0.2) is 15.0 Å². The van der Waals surface area contributed by atoms with Gasteiger partial charge in [-0.2, -0.15) is 0 Å². The van der Waals surface area contributed by atoms with Gasteiger partial charge in [0, 0.05) is 18.4 Å². The van der Waals surface area contributed by atoms with Crippen LogP contribution in [0.5, 0.6) is 0 Å². The Morgan fingerprint density at radius 3 is 2.89 bits per heavy atom. The van der Waals surface area contributed by atoms with Crippen LogP contribution >= 0.6 is 11.3 Å². The van der Waals surface area contributed by atoms with E-state index >= 15 is 0 Å². The van der Waals surface area contributed by atoms with E-state index in [0.717, 1.165) is 16.4 Å². The van der Waals surface area contributed by atoms with Crippen LogP contribution in [0.25, 0.3) is 10.5 Å². The summed E-state index contributed by atoms with van der Waals surface area (Å²) in [5, 5.41) is 5.00. The fourth-order valence-corrected chi connectivity index (χ4v) is 4.49. The fourth-order valence-electron chi connectivity index (χ4n) is 3.53. The molecular formula is C14H18N4S. The van der Waals surface area contributed by atoms with Gasteiger partial charge in [0.2, 0.25) is 0 Å². The molecule has 0 aromatic carbocycles. The lowest BCUT2D eigenvalue weighted by Gasteiger charge is -2.39. The summed E-state index contributed by atoms with van der Waals surface area (Å²) in [6.45, 7) is 0. The van der Waals surface area contributed by atoms with Crippen molar-refractivity contribution >= 4 is 21.8 Å². The summed E-state index contributed by atoms with van der Waals surface area (Å²) in [4.78, 5) is 14.3. The largest absolute Gasteiger partial charge is 0.305 e. The summed E-state index contributed by atoms with van der Waals surface area (Å²) in [5.41, 5.74) is 0.801. The van der Waals surface area contributed by atoms with E-state index in [1.807, 2.05) is 0 Å².